The molecule has 3 N–H and O–H groups in total. The van der Waals surface area contributed by atoms with E-state index >= 15 is 0 Å². The number of urea groups is 1. The normalized spacial score (nSPS) is 18.2. The second-order valence-corrected chi connectivity index (χ2v) is 6.45. The van der Waals surface area contributed by atoms with Crippen molar-refractivity contribution >= 4 is 34.9 Å². The van der Waals surface area contributed by atoms with Crippen molar-refractivity contribution in [1.82, 2.24) is 10.6 Å². The van der Waals surface area contributed by atoms with Gasteiger partial charge < -0.3 is 15.7 Å². The highest BCUT2D eigenvalue weighted by atomic mass is 35.5. The van der Waals surface area contributed by atoms with Crippen LogP contribution < -0.4 is 10.6 Å². The van der Waals surface area contributed by atoms with Crippen LogP contribution in [0.2, 0.25) is 4.34 Å². The average molecular weight is 303 g/mol. The summed E-state index contributed by atoms with van der Waals surface area (Å²) in [5, 5.41) is 14.4. The van der Waals surface area contributed by atoms with E-state index in [2.05, 4.69) is 10.6 Å². The number of hydrogen-bond donors (Lipinski definition) is 3. The summed E-state index contributed by atoms with van der Waals surface area (Å²) in [6, 6.07) is 2.94. The minimum Gasteiger partial charge on any atom is -0.480 e. The lowest BCUT2D eigenvalue weighted by Gasteiger charge is -2.38. The summed E-state index contributed by atoms with van der Waals surface area (Å²) in [4.78, 5) is 23.9. The molecule has 0 aliphatic heterocycles. The van der Waals surface area contributed by atoms with Crippen LogP contribution >= 0.6 is 22.9 Å². The van der Waals surface area contributed by atoms with E-state index in [0.717, 1.165) is 11.3 Å². The van der Waals surface area contributed by atoms with E-state index in [1.165, 1.54) is 11.3 Å². The molecule has 1 aliphatic carbocycles. The maximum atomic E-state index is 11.8. The Morgan fingerprint density at radius 2 is 2.16 bits per heavy atom. The molecule has 1 aromatic rings. The molecule has 19 heavy (non-hydrogen) atoms. The number of carboxylic acid groups (broad SMARTS) is 1. The predicted octanol–water partition coefficient (Wildman–Crippen LogP) is 2.77. The Balaban J connectivity index is 1.92. The number of rotatable bonds is 4. The Labute approximate surface area is 120 Å². The first kappa shape index (κ1) is 14.1. The van der Waals surface area contributed by atoms with Gasteiger partial charge in [-0.2, -0.15) is 0 Å². The van der Waals surface area contributed by atoms with Crippen molar-refractivity contribution in [2.75, 3.05) is 0 Å². The fourth-order valence-corrected chi connectivity index (χ4v) is 3.07. The minimum atomic E-state index is -1.09. The number of amides is 2. The lowest BCUT2D eigenvalue weighted by atomic mass is 9.77. The van der Waals surface area contributed by atoms with Gasteiger partial charge in [-0.25, -0.2) is 9.59 Å². The van der Waals surface area contributed by atoms with Crippen LogP contribution in [0.5, 0.6) is 0 Å². The van der Waals surface area contributed by atoms with Gasteiger partial charge in [-0.1, -0.05) is 11.6 Å². The molecule has 1 aliphatic rings. The van der Waals surface area contributed by atoms with Crippen molar-refractivity contribution in [1.29, 1.82) is 0 Å². The molecule has 2 amide bonds. The fraction of sp³-hybridized carbons (Fsp3) is 0.500. The summed E-state index contributed by atoms with van der Waals surface area (Å²) in [6.45, 7) is 1.83. The molecule has 1 heterocycles. The Hall–Kier alpha value is -1.27. The van der Waals surface area contributed by atoms with Crippen molar-refractivity contribution in [3.8, 4) is 0 Å². The van der Waals surface area contributed by atoms with E-state index in [4.69, 9.17) is 16.7 Å². The molecular weight excluding hydrogens is 288 g/mol. The SMILES string of the molecule is CC(NC(=O)NC1(C(=O)O)CCC1)c1ccc(Cl)s1. The van der Waals surface area contributed by atoms with Crippen molar-refractivity contribution in [2.24, 2.45) is 0 Å². The van der Waals surface area contributed by atoms with Crippen LogP contribution in [-0.4, -0.2) is 22.6 Å². The van der Waals surface area contributed by atoms with Gasteiger partial charge in [0, 0.05) is 4.88 Å². The molecule has 0 radical (unpaired) electrons. The van der Waals surface area contributed by atoms with Crippen LogP contribution in [0.25, 0.3) is 0 Å². The van der Waals surface area contributed by atoms with E-state index < -0.39 is 17.5 Å². The summed E-state index contributed by atoms with van der Waals surface area (Å²) >= 11 is 7.22. The molecule has 1 fully saturated rings. The van der Waals surface area contributed by atoms with E-state index in [9.17, 15) is 9.59 Å². The number of carbonyl (C=O) groups excluding carboxylic acids is 1. The first-order valence-electron chi connectivity index (χ1n) is 6.00. The number of carboxylic acids is 1. The molecule has 1 atom stereocenters. The number of carbonyl (C=O) groups is 2. The zero-order chi connectivity index (χ0) is 14.0. The maximum absolute atomic E-state index is 11.8. The minimum absolute atomic E-state index is 0.205. The van der Waals surface area contributed by atoms with Crippen LogP contribution in [0.4, 0.5) is 4.79 Å². The van der Waals surface area contributed by atoms with Crippen LogP contribution in [0, 0.1) is 0 Å². The number of halogens is 1. The Morgan fingerprint density at radius 3 is 2.58 bits per heavy atom. The monoisotopic (exact) mass is 302 g/mol. The van der Waals surface area contributed by atoms with Gasteiger partial charge in [-0.05, 0) is 38.3 Å². The van der Waals surface area contributed by atoms with Gasteiger partial charge in [0.2, 0.25) is 0 Å². The molecule has 2 rings (SSSR count). The van der Waals surface area contributed by atoms with Gasteiger partial charge in [0.15, 0.2) is 0 Å². The molecule has 1 unspecified atom stereocenters. The van der Waals surface area contributed by atoms with E-state index in [0.29, 0.717) is 17.2 Å². The molecule has 104 valence electrons. The lowest BCUT2D eigenvalue weighted by Crippen LogP contribution is -2.61. The third-order valence-electron chi connectivity index (χ3n) is 3.34. The van der Waals surface area contributed by atoms with E-state index in [1.54, 1.807) is 6.07 Å². The highest BCUT2D eigenvalue weighted by Gasteiger charge is 2.45. The van der Waals surface area contributed by atoms with Crippen molar-refractivity contribution in [3.05, 3.63) is 21.3 Å². The first-order valence-corrected chi connectivity index (χ1v) is 7.20. The number of nitrogens with one attached hydrogen (secondary N) is 2. The largest absolute Gasteiger partial charge is 0.480 e. The molecule has 7 heteroatoms. The number of aliphatic carboxylic acids is 1. The molecule has 1 saturated carbocycles. The number of thiophene rings is 1. The molecule has 5 nitrogen and oxygen atoms in total. The summed E-state index contributed by atoms with van der Waals surface area (Å²) in [5.74, 6) is -0.972. The lowest BCUT2D eigenvalue weighted by molar-refractivity contribution is -0.148. The summed E-state index contributed by atoms with van der Waals surface area (Å²) in [7, 11) is 0. The van der Waals surface area contributed by atoms with E-state index in [1.807, 2.05) is 13.0 Å². The average Bonchev–Trinajstić information content (AvgIpc) is 2.69. The highest BCUT2D eigenvalue weighted by molar-refractivity contribution is 7.16. The Bertz CT molecular complexity index is 499. The summed E-state index contributed by atoms with van der Waals surface area (Å²) in [5.41, 5.74) is -1.09. The highest BCUT2D eigenvalue weighted by Crippen LogP contribution is 2.32. The zero-order valence-electron chi connectivity index (χ0n) is 10.4. The van der Waals surface area contributed by atoms with Gasteiger partial charge in [0.1, 0.15) is 5.54 Å². The van der Waals surface area contributed by atoms with E-state index in [-0.39, 0.29) is 6.04 Å². The van der Waals surface area contributed by atoms with Crippen LogP contribution in [0.15, 0.2) is 12.1 Å². The smallest absolute Gasteiger partial charge is 0.329 e. The summed E-state index contributed by atoms with van der Waals surface area (Å²) in [6.07, 6.45) is 1.78. The molecule has 0 aromatic carbocycles. The van der Waals surface area contributed by atoms with Gasteiger partial charge in [0.05, 0.1) is 10.4 Å². The zero-order valence-corrected chi connectivity index (χ0v) is 12.0. The molecule has 0 saturated heterocycles. The van der Waals surface area contributed by atoms with Gasteiger partial charge in [-0.15, -0.1) is 11.3 Å². The predicted molar refractivity (Wildman–Crippen MR) is 73.6 cm³/mol. The molecule has 0 spiro atoms. The van der Waals surface area contributed by atoms with Crippen molar-refractivity contribution in [2.45, 2.75) is 37.8 Å². The molecule has 1 aromatic heterocycles. The van der Waals surface area contributed by atoms with Crippen LogP contribution in [0.3, 0.4) is 0 Å². The first-order chi connectivity index (χ1) is 8.93. The van der Waals surface area contributed by atoms with Crippen molar-refractivity contribution in [3.63, 3.8) is 0 Å². The van der Waals surface area contributed by atoms with Gasteiger partial charge in [0.25, 0.3) is 0 Å². The Kier molecular flexibility index (Phi) is 4.01. The van der Waals surface area contributed by atoms with Crippen LogP contribution in [0.1, 0.15) is 37.1 Å². The second kappa shape index (κ2) is 5.38. The Morgan fingerprint density at radius 1 is 1.47 bits per heavy atom. The summed E-state index contributed by atoms with van der Waals surface area (Å²) < 4.78 is 0.657. The van der Waals surface area contributed by atoms with Gasteiger partial charge in [-0.3, -0.25) is 0 Å². The topological polar surface area (TPSA) is 78.4 Å². The quantitative estimate of drug-likeness (QED) is 0.800. The number of hydrogen-bond acceptors (Lipinski definition) is 3. The van der Waals surface area contributed by atoms with Gasteiger partial charge >= 0.3 is 12.0 Å². The van der Waals surface area contributed by atoms with Crippen molar-refractivity contribution < 1.29 is 14.7 Å². The third-order valence-corrected chi connectivity index (χ3v) is 4.75. The maximum Gasteiger partial charge on any atom is 0.329 e. The third kappa shape index (κ3) is 3.01. The molecule has 0 bridgehead atoms. The standard InChI is InChI=1S/C12H15ClN2O3S/c1-7(8-3-4-9(13)19-8)14-11(18)15-12(10(16)17)5-2-6-12/h3-4,7H,2,5-6H2,1H3,(H,16,17)(H2,14,15,18). The van der Waals surface area contributed by atoms with Crippen LogP contribution in [-0.2, 0) is 4.79 Å². The molecular formula is C12H15ClN2O3S. The second-order valence-electron chi connectivity index (χ2n) is 4.70. The fourth-order valence-electron chi connectivity index (χ4n) is 2.00.